The van der Waals surface area contributed by atoms with Crippen molar-refractivity contribution in [3.05, 3.63) is 58.6 Å². The van der Waals surface area contributed by atoms with Crippen LogP contribution >= 0.6 is 15.9 Å². The zero-order valence-electron chi connectivity index (χ0n) is 11.8. The van der Waals surface area contributed by atoms with E-state index in [1.807, 2.05) is 47.4 Å². The highest BCUT2D eigenvalue weighted by Gasteiger charge is 2.28. The van der Waals surface area contributed by atoms with Crippen LogP contribution in [0.25, 0.3) is 0 Å². The minimum atomic E-state index is -0.519. The molecule has 1 aliphatic heterocycles. The summed E-state index contributed by atoms with van der Waals surface area (Å²) in [5.74, 6) is 0.682. The monoisotopic (exact) mass is 345 g/mol. The van der Waals surface area contributed by atoms with Crippen molar-refractivity contribution < 1.29 is 9.53 Å². The van der Waals surface area contributed by atoms with Crippen molar-refractivity contribution in [1.29, 1.82) is 0 Å². The van der Waals surface area contributed by atoms with Gasteiger partial charge in [-0.2, -0.15) is 0 Å². The number of halogens is 1. The lowest BCUT2D eigenvalue weighted by Crippen LogP contribution is -2.39. The van der Waals surface area contributed by atoms with Gasteiger partial charge < -0.3 is 9.64 Å². The summed E-state index contributed by atoms with van der Waals surface area (Å²) >= 11 is 3.43. The van der Waals surface area contributed by atoms with E-state index in [2.05, 4.69) is 22.0 Å². The molecule has 21 heavy (non-hydrogen) atoms. The molecule has 0 saturated carbocycles. The molecule has 1 atom stereocenters. The van der Waals surface area contributed by atoms with E-state index in [4.69, 9.17) is 4.74 Å². The van der Waals surface area contributed by atoms with Gasteiger partial charge in [0.05, 0.1) is 4.47 Å². The lowest BCUT2D eigenvalue weighted by Gasteiger charge is -2.22. The minimum absolute atomic E-state index is 0.00398. The van der Waals surface area contributed by atoms with E-state index in [0.29, 0.717) is 5.75 Å². The molecule has 3 rings (SSSR count). The third-order valence-corrected chi connectivity index (χ3v) is 4.30. The number of ether oxygens (including phenoxy) is 1. The molecule has 0 saturated heterocycles. The first-order chi connectivity index (χ1) is 10.2. The summed E-state index contributed by atoms with van der Waals surface area (Å²) in [7, 11) is 0. The van der Waals surface area contributed by atoms with Gasteiger partial charge in [-0.25, -0.2) is 0 Å². The molecule has 1 amide bonds. The first-order valence-electron chi connectivity index (χ1n) is 6.97. The number of para-hydroxylation sites is 2. The van der Waals surface area contributed by atoms with E-state index in [1.165, 1.54) is 5.56 Å². The molecule has 108 valence electrons. The van der Waals surface area contributed by atoms with Gasteiger partial charge in [0.1, 0.15) is 5.75 Å². The quantitative estimate of drug-likeness (QED) is 0.846. The van der Waals surface area contributed by atoms with Gasteiger partial charge in [-0.15, -0.1) is 0 Å². The highest BCUT2D eigenvalue weighted by atomic mass is 79.9. The third-order valence-electron chi connectivity index (χ3n) is 3.64. The summed E-state index contributed by atoms with van der Waals surface area (Å²) in [4.78, 5) is 14.4. The normalized spacial score (nSPS) is 14.7. The SMILES string of the molecule is C[C@@H](Oc1ccccc1Br)C(=O)N1CCc2ccccc21. The topological polar surface area (TPSA) is 29.5 Å². The lowest BCUT2D eigenvalue weighted by molar-refractivity contribution is -0.124. The Bertz CT molecular complexity index is 671. The molecule has 0 bridgehead atoms. The number of rotatable bonds is 3. The van der Waals surface area contributed by atoms with Gasteiger partial charge in [-0.05, 0) is 53.0 Å². The number of hydrogen-bond donors (Lipinski definition) is 0. The zero-order valence-corrected chi connectivity index (χ0v) is 13.3. The van der Waals surface area contributed by atoms with Crippen molar-refractivity contribution in [1.82, 2.24) is 0 Å². The standard InChI is InChI=1S/C17H16BrNO2/c1-12(21-16-9-5-3-7-14(16)18)17(20)19-11-10-13-6-2-4-8-15(13)19/h2-9,12H,10-11H2,1H3/t12-/m1/s1. The minimum Gasteiger partial charge on any atom is -0.480 e. The smallest absolute Gasteiger partial charge is 0.267 e. The fourth-order valence-electron chi connectivity index (χ4n) is 2.57. The molecule has 1 heterocycles. The molecular weight excluding hydrogens is 330 g/mol. The molecule has 0 fully saturated rings. The van der Waals surface area contributed by atoms with Gasteiger partial charge in [0.2, 0.25) is 0 Å². The van der Waals surface area contributed by atoms with Crippen molar-refractivity contribution in [2.75, 3.05) is 11.4 Å². The fraction of sp³-hybridized carbons (Fsp3) is 0.235. The maximum Gasteiger partial charge on any atom is 0.267 e. The van der Waals surface area contributed by atoms with E-state index in [1.54, 1.807) is 6.92 Å². The molecular formula is C17H16BrNO2. The molecule has 2 aromatic carbocycles. The van der Waals surface area contributed by atoms with Crippen LogP contribution in [0.2, 0.25) is 0 Å². The third kappa shape index (κ3) is 2.81. The Labute approximate surface area is 132 Å². The van der Waals surface area contributed by atoms with E-state index < -0.39 is 6.10 Å². The molecule has 1 aliphatic rings. The molecule has 0 aliphatic carbocycles. The molecule has 0 radical (unpaired) electrons. The number of anilines is 1. The number of carbonyl (C=O) groups excluding carboxylic acids is 1. The van der Waals surface area contributed by atoms with Crippen LogP contribution in [0.5, 0.6) is 5.75 Å². The summed E-state index contributed by atoms with van der Waals surface area (Å²) in [5, 5.41) is 0. The lowest BCUT2D eigenvalue weighted by atomic mass is 10.2. The van der Waals surface area contributed by atoms with Crippen LogP contribution in [0.1, 0.15) is 12.5 Å². The summed E-state index contributed by atoms with van der Waals surface area (Å²) in [6.45, 7) is 2.52. The molecule has 0 N–H and O–H groups in total. The van der Waals surface area contributed by atoms with Gasteiger partial charge in [-0.3, -0.25) is 4.79 Å². The average Bonchev–Trinajstić information content (AvgIpc) is 2.92. The van der Waals surface area contributed by atoms with Crippen LogP contribution in [0.3, 0.4) is 0 Å². The zero-order chi connectivity index (χ0) is 14.8. The molecule has 3 nitrogen and oxygen atoms in total. The number of fused-ring (bicyclic) bond motifs is 1. The first kappa shape index (κ1) is 14.1. The Morgan fingerprint density at radius 2 is 1.90 bits per heavy atom. The van der Waals surface area contributed by atoms with Crippen LogP contribution < -0.4 is 9.64 Å². The fourth-order valence-corrected chi connectivity index (χ4v) is 2.95. The van der Waals surface area contributed by atoms with Crippen molar-refractivity contribution in [2.45, 2.75) is 19.4 Å². The van der Waals surface area contributed by atoms with E-state index >= 15 is 0 Å². The Balaban J connectivity index is 1.76. The van der Waals surface area contributed by atoms with Crippen LogP contribution in [-0.2, 0) is 11.2 Å². The summed E-state index contributed by atoms with van der Waals surface area (Å²) < 4.78 is 6.65. The summed E-state index contributed by atoms with van der Waals surface area (Å²) in [6.07, 6.45) is 0.388. The number of benzene rings is 2. The van der Waals surface area contributed by atoms with Crippen molar-refractivity contribution in [3.8, 4) is 5.75 Å². The van der Waals surface area contributed by atoms with Crippen LogP contribution in [-0.4, -0.2) is 18.6 Å². The van der Waals surface area contributed by atoms with Crippen LogP contribution in [0.15, 0.2) is 53.0 Å². The Kier molecular flexibility index (Phi) is 3.97. The van der Waals surface area contributed by atoms with E-state index in [-0.39, 0.29) is 5.91 Å². The van der Waals surface area contributed by atoms with Gasteiger partial charge in [0.25, 0.3) is 5.91 Å². The Hall–Kier alpha value is -1.81. The van der Waals surface area contributed by atoms with Crippen molar-refractivity contribution in [2.24, 2.45) is 0 Å². The summed E-state index contributed by atoms with van der Waals surface area (Å²) in [5.41, 5.74) is 2.23. The number of hydrogen-bond acceptors (Lipinski definition) is 2. The van der Waals surface area contributed by atoms with Gasteiger partial charge >= 0.3 is 0 Å². The summed E-state index contributed by atoms with van der Waals surface area (Å²) in [6, 6.07) is 15.6. The first-order valence-corrected chi connectivity index (χ1v) is 7.76. The highest BCUT2D eigenvalue weighted by Crippen LogP contribution is 2.29. The molecule has 0 aromatic heterocycles. The molecule has 0 spiro atoms. The van der Waals surface area contributed by atoms with E-state index in [0.717, 1.165) is 23.1 Å². The average molecular weight is 346 g/mol. The van der Waals surface area contributed by atoms with E-state index in [9.17, 15) is 4.79 Å². The predicted molar refractivity (Wildman–Crippen MR) is 86.7 cm³/mol. The van der Waals surface area contributed by atoms with Gasteiger partial charge in [-0.1, -0.05) is 30.3 Å². The number of nitrogens with zero attached hydrogens (tertiary/aromatic N) is 1. The van der Waals surface area contributed by atoms with Crippen LogP contribution in [0, 0.1) is 0 Å². The maximum atomic E-state index is 12.6. The predicted octanol–water partition coefficient (Wildman–Crippen LogP) is 3.81. The van der Waals surface area contributed by atoms with Crippen molar-refractivity contribution >= 4 is 27.5 Å². The number of amides is 1. The van der Waals surface area contributed by atoms with Gasteiger partial charge in [0, 0.05) is 12.2 Å². The van der Waals surface area contributed by atoms with Crippen LogP contribution in [0.4, 0.5) is 5.69 Å². The molecule has 2 aromatic rings. The molecule has 4 heteroatoms. The Morgan fingerprint density at radius 3 is 2.71 bits per heavy atom. The number of carbonyl (C=O) groups is 1. The second kappa shape index (κ2) is 5.90. The Morgan fingerprint density at radius 1 is 1.19 bits per heavy atom. The second-order valence-corrected chi connectivity index (χ2v) is 5.91. The second-order valence-electron chi connectivity index (χ2n) is 5.06. The van der Waals surface area contributed by atoms with Crippen molar-refractivity contribution in [3.63, 3.8) is 0 Å². The molecule has 0 unspecified atom stereocenters. The maximum absolute atomic E-state index is 12.6. The largest absolute Gasteiger partial charge is 0.480 e. The highest BCUT2D eigenvalue weighted by molar-refractivity contribution is 9.10. The van der Waals surface area contributed by atoms with Gasteiger partial charge in [0.15, 0.2) is 6.10 Å².